The highest BCUT2D eigenvalue weighted by molar-refractivity contribution is 5.44. The molecule has 1 aliphatic heterocycles. The Morgan fingerprint density at radius 2 is 2.19 bits per heavy atom. The molecule has 0 atom stereocenters. The van der Waals surface area contributed by atoms with Crippen LogP contribution in [0, 0.1) is 17.1 Å². The lowest BCUT2D eigenvalue weighted by molar-refractivity contribution is 0.290. The van der Waals surface area contributed by atoms with Gasteiger partial charge in [-0.2, -0.15) is 10.2 Å². The van der Waals surface area contributed by atoms with Gasteiger partial charge in [-0.1, -0.05) is 18.7 Å². The third-order valence-corrected chi connectivity index (χ3v) is 4.46. The van der Waals surface area contributed by atoms with Gasteiger partial charge in [-0.25, -0.2) is 13.6 Å². The summed E-state index contributed by atoms with van der Waals surface area (Å²) in [6.45, 7) is 4.03. The van der Waals surface area contributed by atoms with Gasteiger partial charge in [0.25, 0.3) is 0 Å². The number of nitriles is 1. The zero-order chi connectivity index (χ0) is 22.4. The summed E-state index contributed by atoms with van der Waals surface area (Å²) in [4.78, 5) is 17.9. The maximum absolute atomic E-state index is 14.5. The quantitative estimate of drug-likeness (QED) is 0.366. The maximum atomic E-state index is 14.5. The standard InChI is InChI=1S/C22H20F2N4O3/c1-15(13-25)10-17(4-3-7-23)31-19-6-5-16(11-18(19)24)14-30-20-12-21-27(2)8-9-28(21)22(29)26-20/h3-6,10-12H,1,7-9,14H2,2H3. The Hall–Kier alpha value is -3.93. The van der Waals surface area contributed by atoms with Crippen LogP contribution in [-0.4, -0.2) is 29.8 Å². The number of fused-ring (bicyclic) bond motifs is 1. The molecule has 2 aromatic rings. The van der Waals surface area contributed by atoms with Crippen molar-refractivity contribution in [2.75, 3.05) is 25.2 Å². The maximum Gasteiger partial charge on any atom is 0.352 e. The molecule has 0 bridgehead atoms. The smallest absolute Gasteiger partial charge is 0.352 e. The van der Waals surface area contributed by atoms with Crippen molar-refractivity contribution in [1.82, 2.24) is 9.55 Å². The molecule has 3 rings (SSSR count). The summed E-state index contributed by atoms with van der Waals surface area (Å²) in [6, 6.07) is 7.67. The number of rotatable bonds is 8. The molecule has 0 N–H and O–H groups in total. The van der Waals surface area contributed by atoms with Gasteiger partial charge in [-0.15, -0.1) is 0 Å². The van der Waals surface area contributed by atoms with Crippen LogP contribution in [0.1, 0.15) is 5.56 Å². The number of allylic oxidation sites excluding steroid dienone is 4. The highest BCUT2D eigenvalue weighted by atomic mass is 19.1. The predicted molar refractivity (Wildman–Crippen MR) is 111 cm³/mol. The van der Waals surface area contributed by atoms with Gasteiger partial charge >= 0.3 is 5.69 Å². The minimum absolute atomic E-state index is 0.00744. The van der Waals surface area contributed by atoms with Crippen LogP contribution in [-0.2, 0) is 13.2 Å². The molecular weight excluding hydrogens is 406 g/mol. The molecule has 0 amide bonds. The number of likely N-dealkylation sites (N-methyl/N-ethyl adjacent to an activating group) is 1. The lowest BCUT2D eigenvalue weighted by Crippen LogP contribution is -2.22. The van der Waals surface area contributed by atoms with E-state index in [2.05, 4.69) is 11.6 Å². The Labute approximate surface area is 177 Å². The molecular formula is C22H20F2N4O3. The van der Waals surface area contributed by atoms with E-state index in [1.807, 2.05) is 18.0 Å². The summed E-state index contributed by atoms with van der Waals surface area (Å²) in [5.41, 5.74) is 0.172. The summed E-state index contributed by atoms with van der Waals surface area (Å²) in [5, 5.41) is 8.84. The van der Waals surface area contributed by atoms with E-state index in [0.717, 1.165) is 0 Å². The monoisotopic (exact) mass is 426 g/mol. The summed E-state index contributed by atoms with van der Waals surface area (Å²) in [7, 11) is 1.87. The van der Waals surface area contributed by atoms with Crippen LogP contribution in [0.4, 0.5) is 14.6 Å². The Morgan fingerprint density at radius 1 is 1.39 bits per heavy atom. The van der Waals surface area contributed by atoms with Gasteiger partial charge in [0.15, 0.2) is 11.6 Å². The average molecular weight is 426 g/mol. The van der Waals surface area contributed by atoms with Crippen LogP contribution in [0.3, 0.4) is 0 Å². The minimum atomic E-state index is -0.741. The molecule has 0 aliphatic carbocycles. The fourth-order valence-electron chi connectivity index (χ4n) is 2.92. The van der Waals surface area contributed by atoms with Gasteiger partial charge in [-0.05, 0) is 29.8 Å². The van der Waals surface area contributed by atoms with Crippen molar-refractivity contribution in [2.24, 2.45) is 0 Å². The number of hydrogen-bond acceptors (Lipinski definition) is 6. The molecule has 0 saturated carbocycles. The molecule has 0 spiro atoms. The molecule has 31 heavy (non-hydrogen) atoms. The van der Waals surface area contributed by atoms with Gasteiger partial charge in [0, 0.05) is 31.8 Å². The Bertz CT molecular complexity index is 1150. The third-order valence-electron chi connectivity index (χ3n) is 4.46. The van der Waals surface area contributed by atoms with Crippen molar-refractivity contribution in [2.45, 2.75) is 13.2 Å². The minimum Gasteiger partial charge on any atom is -0.473 e. The van der Waals surface area contributed by atoms with Crippen molar-refractivity contribution in [1.29, 1.82) is 5.26 Å². The van der Waals surface area contributed by atoms with Crippen LogP contribution >= 0.6 is 0 Å². The van der Waals surface area contributed by atoms with Crippen molar-refractivity contribution in [3.05, 3.63) is 82.3 Å². The zero-order valence-electron chi connectivity index (χ0n) is 16.8. The number of aromatic nitrogens is 2. The molecule has 9 heteroatoms. The molecule has 0 saturated heterocycles. The van der Waals surface area contributed by atoms with Gasteiger partial charge in [0.2, 0.25) is 5.88 Å². The van der Waals surface area contributed by atoms with Crippen LogP contribution in [0.2, 0.25) is 0 Å². The molecule has 1 aliphatic rings. The van der Waals surface area contributed by atoms with Crippen LogP contribution < -0.4 is 20.1 Å². The van der Waals surface area contributed by atoms with E-state index in [-0.39, 0.29) is 29.6 Å². The molecule has 0 radical (unpaired) electrons. The fourth-order valence-corrected chi connectivity index (χ4v) is 2.92. The summed E-state index contributed by atoms with van der Waals surface area (Å²) in [5.74, 6) is 0.149. The topological polar surface area (TPSA) is 80.4 Å². The molecule has 2 heterocycles. The van der Waals surface area contributed by atoms with E-state index >= 15 is 0 Å². The largest absolute Gasteiger partial charge is 0.473 e. The molecule has 7 nitrogen and oxygen atoms in total. The zero-order valence-corrected chi connectivity index (χ0v) is 16.8. The van der Waals surface area contributed by atoms with Gasteiger partial charge in [0.05, 0.1) is 6.07 Å². The molecule has 1 aromatic heterocycles. The number of halogens is 2. The van der Waals surface area contributed by atoms with Crippen LogP contribution in [0.15, 0.2) is 65.2 Å². The van der Waals surface area contributed by atoms with E-state index in [9.17, 15) is 13.6 Å². The van der Waals surface area contributed by atoms with E-state index < -0.39 is 18.2 Å². The second kappa shape index (κ2) is 9.71. The highest BCUT2D eigenvalue weighted by Gasteiger charge is 2.19. The molecule has 0 fully saturated rings. The van der Waals surface area contributed by atoms with Crippen molar-refractivity contribution < 1.29 is 18.3 Å². The third kappa shape index (κ3) is 5.36. The molecule has 0 unspecified atom stereocenters. The average Bonchev–Trinajstić information content (AvgIpc) is 3.13. The lowest BCUT2D eigenvalue weighted by Gasteiger charge is -2.13. The number of anilines is 1. The van der Waals surface area contributed by atoms with Crippen molar-refractivity contribution in [3.8, 4) is 17.7 Å². The van der Waals surface area contributed by atoms with E-state index in [1.54, 1.807) is 16.7 Å². The van der Waals surface area contributed by atoms with Crippen LogP contribution in [0.5, 0.6) is 11.6 Å². The number of nitrogens with zero attached hydrogens (tertiary/aromatic N) is 4. The Kier molecular flexibility index (Phi) is 6.82. The summed E-state index contributed by atoms with van der Waals surface area (Å²) in [6.07, 6.45) is 3.73. The lowest BCUT2D eigenvalue weighted by atomic mass is 10.2. The normalized spacial score (nSPS) is 13.2. The number of benzene rings is 1. The number of alkyl halides is 1. The SMILES string of the molecule is C=C(C#N)C=C(C=CCF)Oc1ccc(COc2cc3n(c(=O)n2)CCN3C)cc1F. The first-order valence-electron chi connectivity index (χ1n) is 9.36. The van der Waals surface area contributed by atoms with Gasteiger partial charge in [-0.3, -0.25) is 4.57 Å². The summed E-state index contributed by atoms with van der Waals surface area (Å²) < 4.78 is 39.5. The second-order valence-electron chi connectivity index (χ2n) is 6.70. The highest BCUT2D eigenvalue weighted by Crippen LogP contribution is 2.24. The Morgan fingerprint density at radius 3 is 2.90 bits per heavy atom. The van der Waals surface area contributed by atoms with Crippen molar-refractivity contribution >= 4 is 5.82 Å². The predicted octanol–water partition coefficient (Wildman–Crippen LogP) is 3.28. The number of hydrogen-bond donors (Lipinski definition) is 0. The van der Waals surface area contributed by atoms with E-state index in [0.29, 0.717) is 24.5 Å². The first kappa shape index (κ1) is 21.8. The first-order valence-corrected chi connectivity index (χ1v) is 9.36. The summed E-state index contributed by atoms with van der Waals surface area (Å²) >= 11 is 0. The Balaban J connectivity index is 1.72. The molecule has 160 valence electrons. The van der Waals surface area contributed by atoms with E-state index in [1.165, 1.54) is 30.4 Å². The first-order chi connectivity index (χ1) is 14.9. The van der Waals surface area contributed by atoms with Gasteiger partial charge < -0.3 is 14.4 Å². The van der Waals surface area contributed by atoms with Gasteiger partial charge in [0.1, 0.15) is 24.9 Å². The van der Waals surface area contributed by atoms with E-state index in [4.69, 9.17) is 14.7 Å². The molecule has 1 aromatic carbocycles. The van der Waals surface area contributed by atoms with Crippen molar-refractivity contribution in [3.63, 3.8) is 0 Å². The fraction of sp³-hybridized carbons (Fsp3) is 0.227. The van der Waals surface area contributed by atoms with Crippen LogP contribution in [0.25, 0.3) is 0 Å². The second-order valence-corrected chi connectivity index (χ2v) is 6.70. The number of ether oxygens (including phenoxy) is 2.